The molecule has 13 nitrogen and oxygen atoms in total. The highest BCUT2D eigenvalue weighted by molar-refractivity contribution is 6.36. The summed E-state index contributed by atoms with van der Waals surface area (Å²) in [5.41, 5.74) is 9.60. The van der Waals surface area contributed by atoms with Crippen LogP contribution in [0.5, 0.6) is 0 Å². The number of benzene rings is 4. The molecule has 1 aromatic heterocycles. The Kier molecular flexibility index (Phi) is 20.5. The van der Waals surface area contributed by atoms with Crippen LogP contribution in [0.25, 0.3) is 10.9 Å². The predicted octanol–water partition coefficient (Wildman–Crippen LogP) is 5.34. The molecule has 4 amide bonds. The molecule has 6 rings (SSSR count). The first-order valence-corrected chi connectivity index (χ1v) is 18.8. The van der Waals surface area contributed by atoms with E-state index in [1.165, 1.54) is 6.07 Å². The van der Waals surface area contributed by atoms with Crippen LogP contribution in [0, 0.1) is 11.6 Å². The smallest absolute Gasteiger partial charge is 0.319 e. The van der Waals surface area contributed by atoms with Gasteiger partial charge in [-0.25, -0.2) is 13.6 Å². The van der Waals surface area contributed by atoms with Gasteiger partial charge in [-0.3, -0.25) is 19.2 Å². The lowest BCUT2D eigenvalue weighted by atomic mass is 10.0. The van der Waals surface area contributed by atoms with Crippen molar-refractivity contribution in [1.82, 2.24) is 30.6 Å². The molecule has 0 spiro atoms. The Balaban J connectivity index is 0.00000300. The summed E-state index contributed by atoms with van der Waals surface area (Å²) in [5, 5.41) is 17.8. The third kappa shape index (κ3) is 13.5. The van der Waals surface area contributed by atoms with E-state index in [0.717, 1.165) is 60.2 Å². The standard InChI is InChI=1S/C40H42Cl2F2N8O3.2ClH.2H2O/c41-30-9-6-10-31(42)29(30)23-52-37-21-27(12-13-28(37)36(50-52)24-51-17-4-5-18-51)47-40(55)49-35(20-26-11-14-32(43)33(44)19-26)39(54)48-34(15-16-45)38(53)46-22-25-7-2-1-3-8-25;;;;/h1-3,6-14,19,21,34-35H,4-5,15-18,20,22-24,45H2,(H,46,53)(H,48,54)(H2,47,49,55);2*1H;2*1H2/t34-,35-;;;;/m0..../s1. The molecule has 1 aliphatic heterocycles. The molecule has 0 bridgehead atoms. The molecule has 19 heteroatoms. The largest absolute Gasteiger partial charge is 0.412 e. The monoisotopic (exact) mass is 898 g/mol. The summed E-state index contributed by atoms with van der Waals surface area (Å²) in [6.45, 7) is 3.22. The van der Waals surface area contributed by atoms with Gasteiger partial charge in [0.1, 0.15) is 12.1 Å². The number of nitrogens with zero attached hydrogens (tertiary/aromatic N) is 3. The quantitative estimate of drug-likeness (QED) is 0.0936. The molecular formula is C40H48Cl4F2N8O5. The molecule has 5 aromatic rings. The minimum Gasteiger partial charge on any atom is -0.412 e. The average molecular weight is 901 g/mol. The van der Waals surface area contributed by atoms with E-state index in [4.69, 9.17) is 34.0 Å². The molecule has 2 atom stereocenters. The number of halogens is 6. The lowest BCUT2D eigenvalue weighted by Crippen LogP contribution is -2.55. The van der Waals surface area contributed by atoms with Crippen molar-refractivity contribution >= 4 is 82.5 Å². The molecular weight excluding hydrogens is 852 g/mol. The van der Waals surface area contributed by atoms with Gasteiger partial charge < -0.3 is 38.0 Å². The highest BCUT2D eigenvalue weighted by Crippen LogP contribution is 2.29. The fraction of sp³-hybridized carbons (Fsp3) is 0.300. The summed E-state index contributed by atoms with van der Waals surface area (Å²) < 4.78 is 29.8. The first kappa shape index (κ1) is 50.6. The Morgan fingerprint density at radius 2 is 1.47 bits per heavy atom. The molecule has 320 valence electrons. The van der Waals surface area contributed by atoms with E-state index < -0.39 is 41.6 Å². The van der Waals surface area contributed by atoms with E-state index in [-0.39, 0.29) is 73.8 Å². The number of carbonyl (C=O) groups excluding carboxylic acids is 3. The Morgan fingerprint density at radius 3 is 2.14 bits per heavy atom. The highest BCUT2D eigenvalue weighted by atomic mass is 35.5. The second-order valence-corrected chi connectivity index (χ2v) is 14.3. The van der Waals surface area contributed by atoms with Gasteiger partial charge in [0.2, 0.25) is 11.8 Å². The van der Waals surface area contributed by atoms with Crippen LogP contribution < -0.4 is 27.0 Å². The van der Waals surface area contributed by atoms with E-state index in [9.17, 15) is 23.2 Å². The second-order valence-electron chi connectivity index (χ2n) is 13.5. The zero-order chi connectivity index (χ0) is 38.9. The van der Waals surface area contributed by atoms with E-state index in [1.807, 2.05) is 36.4 Å². The number of anilines is 1. The third-order valence-electron chi connectivity index (χ3n) is 9.47. The van der Waals surface area contributed by atoms with Crippen LogP contribution in [0.1, 0.15) is 41.6 Å². The number of likely N-dealkylation sites (tertiary alicyclic amines) is 1. The van der Waals surface area contributed by atoms with Crippen LogP contribution in [0.2, 0.25) is 10.0 Å². The number of carbonyl (C=O) groups is 3. The summed E-state index contributed by atoms with van der Waals surface area (Å²) in [5.74, 6) is -3.34. The van der Waals surface area contributed by atoms with Crippen LogP contribution in [0.15, 0.2) is 84.9 Å². The van der Waals surface area contributed by atoms with Gasteiger partial charge in [-0.15, -0.1) is 24.8 Å². The zero-order valence-corrected chi connectivity index (χ0v) is 34.9. The molecule has 1 fully saturated rings. The Morgan fingerprint density at radius 1 is 0.780 bits per heavy atom. The SMILES string of the molecule is Cl.Cl.NCC[C@H](NC(=O)[C@H](Cc1ccc(F)c(F)c1)NC(=O)Nc1ccc2c(CN3CCCC3)nn(Cc3c(Cl)cccc3Cl)c2c1)C(=O)NCc1ccccc1.O.O. The van der Waals surface area contributed by atoms with Crippen molar-refractivity contribution < 1.29 is 34.1 Å². The van der Waals surface area contributed by atoms with Crippen molar-refractivity contribution in [3.05, 3.63) is 129 Å². The molecule has 1 saturated heterocycles. The molecule has 2 heterocycles. The minimum atomic E-state index is -1.30. The molecule has 10 N–H and O–H groups in total. The molecule has 4 aromatic carbocycles. The van der Waals surface area contributed by atoms with Crippen LogP contribution in [-0.4, -0.2) is 75.2 Å². The van der Waals surface area contributed by atoms with Gasteiger partial charge in [-0.2, -0.15) is 5.10 Å². The zero-order valence-electron chi connectivity index (χ0n) is 31.8. The lowest BCUT2D eigenvalue weighted by molar-refractivity contribution is -0.130. The first-order valence-electron chi connectivity index (χ1n) is 18.1. The summed E-state index contributed by atoms with van der Waals surface area (Å²) in [6, 6.07) is 20.1. The number of fused-ring (bicyclic) bond motifs is 1. The van der Waals surface area contributed by atoms with Gasteiger partial charge in [-0.05, 0) is 92.5 Å². The topological polar surface area (TPSA) is 209 Å². The summed E-state index contributed by atoms with van der Waals surface area (Å²) in [7, 11) is 0. The van der Waals surface area contributed by atoms with Crippen molar-refractivity contribution in [2.75, 3.05) is 25.0 Å². The Bertz CT molecular complexity index is 2140. The van der Waals surface area contributed by atoms with Crippen molar-refractivity contribution in [3.8, 4) is 0 Å². The number of rotatable bonds is 15. The van der Waals surface area contributed by atoms with Crippen molar-refractivity contribution in [2.45, 2.75) is 57.4 Å². The normalized spacial score (nSPS) is 13.1. The van der Waals surface area contributed by atoms with Gasteiger partial charge in [0.25, 0.3) is 0 Å². The number of hydrogen-bond acceptors (Lipinski definition) is 6. The third-order valence-corrected chi connectivity index (χ3v) is 10.2. The van der Waals surface area contributed by atoms with E-state index in [2.05, 4.69) is 26.2 Å². The van der Waals surface area contributed by atoms with Crippen molar-refractivity contribution in [2.24, 2.45) is 5.73 Å². The Labute approximate surface area is 362 Å². The van der Waals surface area contributed by atoms with Gasteiger partial charge in [0.05, 0.1) is 17.8 Å². The molecule has 1 aliphatic rings. The van der Waals surface area contributed by atoms with E-state index >= 15 is 0 Å². The van der Waals surface area contributed by atoms with Gasteiger partial charge in [0.15, 0.2) is 11.6 Å². The minimum absolute atomic E-state index is 0. The number of aromatic nitrogens is 2. The van der Waals surface area contributed by atoms with Gasteiger partial charge >= 0.3 is 6.03 Å². The Hall–Kier alpha value is -4.58. The van der Waals surface area contributed by atoms with Gasteiger partial charge in [0, 0.05) is 46.2 Å². The van der Waals surface area contributed by atoms with E-state index in [0.29, 0.717) is 27.8 Å². The molecule has 0 unspecified atom stereocenters. The summed E-state index contributed by atoms with van der Waals surface area (Å²) in [4.78, 5) is 42.8. The van der Waals surface area contributed by atoms with Crippen LogP contribution in [-0.2, 0) is 35.6 Å². The summed E-state index contributed by atoms with van der Waals surface area (Å²) in [6.07, 6.45) is 2.16. The number of amides is 4. The first-order chi connectivity index (χ1) is 26.6. The molecule has 59 heavy (non-hydrogen) atoms. The fourth-order valence-electron chi connectivity index (χ4n) is 6.60. The number of nitrogens with two attached hydrogens (primary N) is 1. The molecule has 0 aliphatic carbocycles. The molecule has 0 saturated carbocycles. The average Bonchev–Trinajstić information content (AvgIpc) is 3.81. The maximum atomic E-state index is 14.2. The second kappa shape index (κ2) is 23.9. The predicted molar refractivity (Wildman–Crippen MR) is 231 cm³/mol. The number of urea groups is 1. The maximum Gasteiger partial charge on any atom is 0.319 e. The highest BCUT2D eigenvalue weighted by Gasteiger charge is 2.28. The number of hydrogen-bond donors (Lipinski definition) is 5. The van der Waals surface area contributed by atoms with Crippen molar-refractivity contribution in [1.29, 1.82) is 0 Å². The maximum absolute atomic E-state index is 14.2. The fourth-order valence-corrected chi connectivity index (χ4v) is 7.11. The van der Waals surface area contributed by atoms with Crippen LogP contribution in [0.3, 0.4) is 0 Å². The molecule has 0 radical (unpaired) electrons. The van der Waals surface area contributed by atoms with Crippen molar-refractivity contribution in [3.63, 3.8) is 0 Å². The summed E-state index contributed by atoms with van der Waals surface area (Å²) >= 11 is 13.1. The van der Waals surface area contributed by atoms with Gasteiger partial charge in [-0.1, -0.05) is 65.7 Å². The lowest BCUT2D eigenvalue weighted by Gasteiger charge is -2.23. The van der Waals surface area contributed by atoms with Crippen LogP contribution >= 0.6 is 48.0 Å². The van der Waals surface area contributed by atoms with E-state index in [1.54, 1.807) is 35.0 Å². The van der Waals surface area contributed by atoms with Crippen LogP contribution in [0.4, 0.5) is 19.3 Å². The number of nitrogens with one attached hydrogen (secondary N) is 4.